The summed E-state index contributed by atoms with van der Waals surface area (Å²) < 4.78 is 26.9. The van der Waals surface area contributed by atoms with Gasteiger partial charge in [-0.3, -0.25) is 4.72 Å². The molecule has 0 saturated carbocycles. The molecule has 0 amide bonds. The van der Waals surface area contributed by atoms with E-state index >= 15 is 0 Å². The van der Waals surface area contributed by atoms with Crippen molar-refractivity contribution in [3.63, 3.8) is 0 Å². The van der Waals surface area contributed by atoms with E-state index in [4.69, 9.17) is 28.9 Å². The molecule has 20 heavy (non-hydrogen) atoms. The number of nitrogen functional groups attached to an aromatic ring is 1. The van der Waals surface area contributed by atoms with E-state index in [0.29, 0.717) is 15.7 Å². The monoisotopic (exact) mass is 330 g/mol. The Hall–Kier alpha value is -1.43. The van der Waals surface area contributed by atoms with Crippen LogP contribution in [0, 0.1) is 6.92 Å². The molecule has 0 bridgehead atoms. The quantitative estimate of drug-likeness (QED) is 0.843. The van der Waals surface area contributed by atoms with Crippen molar-refractivity contribution < 1.29 is 8.42 Å². The first kappa shape index (κ1) is 15.0. The molecule has 2 aromatic rings. The van der Waals surface area contributed by atoms with Crippen molar-refractivity contribution in [1.82, 2.24) is 0 Å². The van der Waals surface area contributed by atoms with Gasteiger partial charge in [-0.2, -0.15) is 0 Å². The Bertz CT molecular complexity index is 761. The molecule has 0 unspecified atom stereocenters. The molecule has 0 spiro atoms. The summed E-state index contributed by atoms with van der Waals surface area (Å²) in [6.07, 6.45) is 0. The second-order valence-electron chi connectivity index (χ2n) is 4.25. The van der Waals surface area contributed by atoms with Gasteiger partial charge in [0.15, 0.2) is 0 Å². The van der Waals surface area contributed by atoms with Gasteiger partial charge in [-0.25, -0.2) is 8.42 Å². The van der Waals surface area contributed by atoms with E-state index in [-0.39, 0.29) is 10.6 Å². The first-order valence-corrected chi connectivity index (χ1v) is 7.87. The highest BCUT2D eigenvalue weighted by atomic mass is 35.5. The lowest BCUT2D eigenvalue weighted by Crippen LogP contribution is -2.14. The van der Waals surface area contributed by atoms with Crippen molar-refractivity contribution in [3.8, 4) is 0 Å². The number of nitrogens with two attached hydrogens (primary N) is 1. The number of nitrogens with one attached hydrogen (secondary N) is 1. The minimum atomic E-state index is -3.78. The molecule has 0 aliphatic heterocycles. The smallest absolute Gasteiger partial charge is 0.263 e. The lowest BCUT2D eigenvalue weighted by atomic mass is 10.2. The number of rotatable bonds is 3. The lowest BCUT2D eigenvalue weighted by Gasteiger charge is -2.11. The predicted molar refractivity (Wildman–Crippen MR) is 82.9 cm³/mol. The van der Waals surface area contributed by atoms with Crippen LogP contribution in [0.15, 0.2) is 41.3 Å². The van der Waals surface area contributed by atoms with Crippen molar-refractivity contribution in [2.45, 2.75) is 11.8 Å². The summed E-state index contributed by atoms with van der Waals surface area (Å²) in [4.78, 5) is -0.0291. The number of aryl methyl sites for hydroxylation is 1. The van der Waals surface area contributed by atoms with Crippen LogP contribution in [0.4, 0.5) is 11.4 Å². The van der Waals surface area contributed by atoms with Crippen molar-refractivity contribution in [1.29, 1.82) is 0 Å². The van der Waals surface area contributed by atoms with Crippen LogP contribution in [0.2, 0.25) is 10.0 Å². The van der Waals surface area contributed by atoms with Crippen LogP contribution in [0.1, 0.15) is 5.56 Å². The van der Waals surface area contributed by atoms with Crippen molar-refractivity contribution >= 4 is 44.6 Å². The van der Waals surface area contributed by atoms with Crippen LogP contribution in [0.3, 0.4) is 0 Å². The molecule has 106 valence electrons. The number of sulfonamides is 1. The zero-order valence-corrected chi connectivity index (χ0v) is 12.9. The van der Waals surface area contributed by atoms with Crippen molar-refractivity contribution in [3.05, 3.63) is 52.0 Å². The number of hydrogen-bond donors (Lipinski definition) is 2. The van der Waals surface area contributed by atoms with Crippen LogP contribution in [0.5, 0.6) is 0 Å². The summed E-state index contributed by atoms with van der Waals surface area (Å²) in [5.74, 6) is 0. The van der Waals surface area contributed by atoms with E-state index in [2.05, 4.69) is 4.72 Å². The van der Waals surface area contributed by atoms with Gasteiger partial charge in [0.1, 0.15) is 4.90 Å². The summed E-state index contributed by atoms with van der Waals surface area (Å²) in [7, 11) is -3.78. The number of halogens is 2. The number of benzene rings is 2. The summed E-state index contributed by atoms with van der Waals surface area (Å²) in [5.41, 5.74) is 7.00. The van der Waals surface area contributed by atoms with Crippen LogP contribution in [-0.2, 0) is 10.0 Å². The SMILES string of the molecule is Cc1ccc(NS(=O)(=O)c2ccc(Cl)cc2N)cc1Cl. The molecular formula is C13H12Cl2N2O2S. The van der Waals surface area contributed by atoms with E-state index in [1.54, 1.807) is 18.2 Å². The van der Waals surface area contributed by atoms with Crippen molar-refractivity contribution in [2.24, 2.45) is 0 Å². The van der Waals surface area contributed by atoms with Gasteiger partial charge in [-0.1, -0.05) is 29.3 Å². The number of hydrogen-bond acceptors (Lipinski definition) is 3. The third kappa shape index (κ3) is 3.17. The van der Waals surface area contributed by atoms with Gasteiger partial charge in [0.05, 0.1) is 11.4 Å². The highest BCUT2D eigenvalue weighted by molar-refractivity contribution is 7.92. The molecule has 0 saturated heterocycles. The Morgan fingerprint density at radius 3 is 2.40 bits per heavy atom. The van der Waals surface area contributed by atoms with Crippen LogP contribution < -0.4 is 10.5 Å². The lowest BCUT2D eigenvalue weighted by molar-refractivity contribution is 0.601. The summed E-state index contributed by atoms with van der Waals surface area (Å²) >= 11 is 11.7. The Morgan fingerprint density at radius 1 is 1.10 bits per heavy atom. The third-order valence-corrected chi connectivity index (χ3v) is 4.78. The van der Waals surface area contributed by atoms with Gasteiger partial charge < -0.3 is 5.73 Å². The molecule has 4 nitrogen and oxygen atoms in total. The molecule has 0 heterocycles. The maximum absolute atomic E-state index is 12.3. The molecule has 2 rings (SSSR count). The van der Waals surface area contributed by atoms with E-state index < -0.39 is 10.0 Å². The normalized spacial score (nSPS) is 11.3. The van der Waals surface area contributed by atoms with E-state index in [9.17, 15) is 8.42 Å². The van der Waals surface area contributed by atoms with E-state index in [1.807, 2.05) is 6.92 Å². The zero-order chi connectivity index (χ0) is 14.9. The molecular weight excluding hydrogens is 319 g/mol. The van der Waals surface area contributed by atoms with Gasteiger partial charge in [-0.15, -0.1) is 0 Å². The van der Waals surface area contributed by atoms with Crippen LogP contribution in [-0.4, -0.2) is 8.42 Å². The maximum atomic E-state index is 12.3. The Kier molecular flexibility index (Phi) is 4.13. The predicted octanol–water partition coefficient (Wildman–Crippen LogP) is 3.68. The minimum absolute atomic E-state index is 0.0291. The third-order valence-electron chi connectivity index (χ3n) is 2.69. The molecule has 0 radical (unpaired) electrons. The van der Waals surface area contributed by atoms with Crippen LogP contribution >= 0.6 is 23.2 Å². The fourth-order valence-corrected chi connectivity index (χ4v) is 3.16. The first-order chi connectivity index (χ1) is 9.29. The average Bonchev–Trinajstić information content (AvgIpc) is 2.33. The molecule has 0 fully saturated rings. The van der Waals surface area contributed by atoms with Crippen LogP contribution in [0.25, 0.3) is 0 Å². The van der Waals surface area contributed by atoms with Crippen molar-refractivity contribution in [2.75, 3.05) is 10.5 Å². The van der Waals surface area contributed by atoms with Gasteiger partial charge >= 0.3 is 0 Å². The van der Waals surface area contributed by atoms with Gasteiger partial charge in [-0.05, 0) is 42.8 Å². The Labute approximate surface area is 127 Å². The highest BCUT2D eigenvalue weighted by Gasteiger charge is 2.18. The molecule has 0 aliphatic carbocycles. The van der Waals surface area contributed by atoms with Gasteiger partial charge in [0, 0.05) is 10.0 Å². The second-order valence-corrected chi connectivity index (χ2v) is 6.75. The Balaban J connectivity index is 2.38. The summed E-state index contributed by atoms with van der Waals surface area (Å²) in [6, 6.07) is 9.11. The second kappa shape index (κ2) is 5.52. The molecule has 2 aromatic carbocycles. The largest absolute Gasteiger partial charge is 0.398 e. The molecule has 3 N–H and O–H groups in total. The van der Waals surface area contributed by atoms with Gasteiger partial charge in [0.2, 0.25) is 0 Å². The molecule has 0 atom stereocenters. The standard InChI is InChI=1S/C13H12Cl2N2O2S/c1-8-2-4-10(7-11(8)15)17-20(18,19)13-5-3-9(14)6-12(13)16/h2-7,17H,16H2,1H3. The molecule has 7 heteroatoms. The zero-order valence-electron chi connectivity index (χ0n) is 10.5. The maximum Gasteiger partial charge on any atom is 0.263 e. The summed E-state index contributed by atoms with van der Waals surface area (Å²) in [6.45, 7) is 1.83. The van der Waals surface area contributed by atoms with Gasteiger partial charge in [0.25, 0.3) is 10.0 Å². The topological polar surface area (TPSA) is 72.2 Å². The van der Waals surface area contributed by atoms with E-state index in [1.165, 1.54) is 18.2 Å². The molecule has 0 aromatic heterocycles. The fourth-order valence-electron chi connectivity index (χ4n) is 1.63. The molecule has 0 aliphatic rings. The summed E-state index contributed by atoms with van der Waals surface area (Å²) in [5, 5.41) is 0.856. The fraction of sp³-hybridized carbons (Fsp3) is 0.0769. The first-order valence-electron chi connectivity index (χ1n) is 5.63. The minimum Gasteiger partial charge on any atom is -0.398 e. The number of anilines is 2. The Morgan fingerprint density at radius 2 is 1.80 bits per heavy atom. The average molecular weight is 331 g/mol. The highest BCUT2D eigenvalue weighted by Crippen LogP contribution is 2.26. The van der Waals surface area contributed by atoms with E-state index in [0.717, 1.165) is 5.56 Å².